The molecule has 3 nitrogen and oxygen atoms in total. The topological polar surface area (TPSA) is 41.5 Å². The summed E-state index contributed by atoms with van der Waals surface area (Å²) in [6.45, 7) is 5.30. The van der Waals surface area contributed by atoms with Crippen LogP contribution < -0.4 is 10.1 Å². The number of ether oxygens (including phenoxy) is 1. The lowest BCUT2D eigenvalue weighted by Gasteiger charge is -2.10. The van der Waals surface area contributed by atoms with E-state index in [2.05, 4.69) is 36.5 Å². The molecule has 2 N–H and O–H groups in total. The number of aromatic hydroxyl groups is 1. The van der Waals surface area contributed by atoms with Gasteiger partial charge < -0.3 is 15.2 Å². The molecule has 0 fully saturated rings. The van der Waals surface area contributed by atoms with E-state index in [4.69, 9.17) is 4.74 Å². The fourth-order valence-corrected chi connectivity index (χ4v) is 2.04. The first-order chi connectivity index (χ1) is 9.72. The van der Waals surface area contributed by atoms with Gasteiger partial charge in [-0.25, -0.2) is 0 Å². The first-order valence-corrected chi connectivity index (χ1v) is 7.00. The zero-order valence-electron chi connectivity index (χ0n) is 12.0. The van der Waals surface area contributed by atoms with Crippen LogP contribution in [0.1, 0.15) is 25.0 Å². The fourth-order valence-electron chi connectivity index (χ4n) is 2.04. The molecular weight excluding hydrogens is 250 g/mol. The zero-order chi connectivity index (χ0) is 14.4. The van der Waals surface area contributed by atoms with E-state index in [-0.39, 0.29) is 5.75 Å². The normalized spacial score (nSPS) is 10.3. The van der Waals surface area contributed by atoms with Gasteiger partial charge in [0.05, 0.1) is 6.61 Å². The molecule has 0 aliphatic carbocycles. The van der Waals surface area contributed by atoms with Gasteiger partial charge in [-0.1, -0.05) is 25.1 Å². The lowest BCUT2D eigenvalue weighted by atomic mass is 10.1. The minimum Gasteiger partial charge on any atom is -0.504 e. The number of hydrogen-bond donors (Lipinski definition) is 2. The largest absolute Gasteiger partial charge is 0.504 e. The SMILES string of the molecule is CCOc1cc(CNc2cccc(CC)c2)ccc1O. The van der Waals surface area contributed by atoms with Crippen molar-refractivity contribution in [1.82, 2.24) is 0 Å². The molecule has 0 aliphatic heterocycles. The zero-order valence-corrected chi connectivity index (χ0v) is 12.0. The molecule has 0 spiro atoms. The molecule has 0 saturated carbocycles. The Morgan fingerprint density at radius 2 is 1.90 bits per heavy atom. The van der Waals surface area contributed by atoms with E-state index in [0.717, 1.165) is 17.7 Å². The van der Waals surface area contributed by atoms with E-state index < -0.39 is 0 Å². The van der Waals surface area contributed by atoms with E-state index in [1.807, 2.05) is 19.1 Å². The van der Waals surface area contributed by atoms with Crippen molar-refractivity contribution in [2.75, 3.05) is 11.9 Å². The molecule has 0 atom stereocenters. The van der Waals surface area contributed by atoms with Crippen LogP contribution in [-0.2, 0) is 13.0 Å². The summed E-state index contributed by atoms with van der Waals surface area (Å²) in [6, 6.07) is 13.8. The molecule has 0 unspecified atom stereocenters. The van der Waals surface area contributed by atoms with Crippen molar-refractivity contribution in [3.8, 4) is 11.5 Å². The monoisotopic (exact) mass is 271 g/mol. The molecule has 2 aromatic carbocycles. The van der Waals surface area contributed by atoms with Crippen molar-refractivity contribution in [3.05, 3.63) is 53.6 Å². The first kappa shape index (κ1) is 14.3. The number of phenolic OH excluding ortho intramolecular Hbond substituents is 1. The van der Waals surface area contributed by atoms with Crippen molar-refractivity contribution in [2.45, 2.75) is 26.8 Å². The number of nitrogens with one attached hydrogen (secondary N) is 1. The van der Waals surface area contributed by atoms with E-state index in [0.29, 0.717) is 18.9 Å². The number of anilines is 1. The molecule has 106 valence electrons. The maximum absolute atomic E-state index is 9.67. The summed E-state index contributed by atoms with van der Waals surface area (Å²) in [6.07, 6.45) is 1.03. The third kappa shape index (κ3) is 3.67. The maximum Gasteiger partial charge on any atom is 0.161 e. The minimum atomic E-state index is 0.184. The lowest BCUT2D eigenvalue weighted by molar-refractivity contribution is 0.318. The van der Waals surface area contributed by atoms with Gasteiger partial charge in [-0.2, -0.15) is 0 Å². The van der Waals surface area contributed by atoms with Gasteiger partial charge in [0, 0.05) is 12.2 Å². The van der Waals surface area contributed by atoms with E-state index in [9.17, 15) is 5.11 Å². The van der Waals surface area contributed by atoms with Gasteiger partial charge in [-0.15, -0.1) is 0 Å². The highest BCUT2D eigenvalue weighted by atomic mass is 16.5. The first-order valence-electron chi connectivity index (χ1n) is 7.00. The van der Waals surface area contributed by atoms with Crippen molar-refractivity contribution in [1.29, 1.82) is 0 Å². The van der Waals surface area contributed by atoms with Gasteiger partial charge in [0.25, 0.3) is 0 Å². The van der Waals surface area contributed by atoms with Crippen LogP contribution in [0.2, 0.25) is 0 Å². The third-order valence-corrected chi connectivity index (χ3v) is 3.16. The second-order valence-corrected chi connectivity index (χ2v) is 4.64. The van der Waals surface area contributed by atoms with Crippen LogP contribution in [0.25, 0.3) is 0 Å². The smallest absolute Gasteiger partial charge is 0.161 e. The number of phenols is 1. The summed E-state index contributed by atoms with van der Waals surface area (Å²) in [5.41, 5.74) is 3.50. The van der Waals surface area contributed by atoms with Crippen LogP contribution in [0.5, 0.6) is 11.5 Å². The molecule has 0 amide bonds. The number of hydrogen-bond acceptors (Lipinski definition) is 3. The Hall–Kier alpha value is -2.16. The van der Waals surface area contributed by atoms with Gasteiger partial charge >= 0.3 is 0 Å². The maximum atomic E-state index is 9.67. The van der Waals surface area contributed by atoms with Gasteiger partial charge in [-0.05, 0) is 48.7 Å². The van der Waals surface area contributed by atoms with Crippen LogP contribution in [0, 0.1) is 0 Å². The van der Waals surface area contributed by atoms with Crippen molar-refractivity contribution < 1.29 is 9.84 Å². The molecule has 0 bridgehead atoms. The molecule has 0 aromatic heterocycles. The van der Waals surface area contributed by atoms with Crippen molar-refractivity contribution in [3.63, 3.8) is 0 Å². The number of rotatable bonds is 6. The highest BCUT2D eigenvalue weighted by molar-refractivity contribution is 5.48. The van der Waals surface area contributed by atoms with Crippen molar-refractivity contribution in [2.24, 2.45) is 0 Å². The fraction of sp³-hybridized carbons (Fsp3) is 0.294. The highest BCUT2D eigenvalue weighted by Crippen LogP contribution is 2.27. The molecule has 0 heterocycles. The molecule has 20 heavy (non-hydrogen) atoms. The molecule has 0 radical (unpaired) electrons. The molecule has 0 saturated heterocycles. The van der Waals surface area contributed by atoms with E-state index >= 15 is 0 Å². The Balaban J connectivity index is 2.04. The van der Waals surface area contributed by atoms with Crippen LogP contribution in [0.3, 0.4) is 0 Å². The van der Waals surface area contributed by atoms with Gasteiger partial charge in [0.2, 0.25) is 0 Å². The Labute approximate surface area is 120 Å². The third-order valence-electron chi connectivity index (χ3n) is 3.16. The summed E-state index contributed by atoms with van der Waals surface area (Å²) in [5.74, 6) is 0.720. The summed E-state index contributed by atoms with van der Waals surface area (Å²) in [4.78, 5) is 0. The molecule has 2 rings (SSSR count). The highest BCUT2D eigenvalue weighted by Gasteiger charge is 2.03. The lowest BCUT2D eigenvalue weighted by Crippen LogP contribution is -2.01. The van der Waals surface area contributed by atoms with E-state index in [1.54, 1.807) is 6.07 Å². The summed E-state index contributed by atoms with van der Waals surface area (Å²) >= 11 is 0. The van der Waals surface area contributed by atoms with Gasteiger partial charge in [0.15, 0.2) is 11.5 Å². The van der Waals surface area contributed by atoms with Gasteiger partial charge in [-0.3, -0.25) is 0 Å². The van der Waals surface area contributed by atoms with Crippen LogP contribution in [0.4, 0.5) is 5.69 Å². The number of benzene rings is 2. The molecule has 0 aliphatic rings. The minimum absolute atomic E-state index is 0.184. The predicted molar refractivity (Wildman–Crippen MR) is 82.4 cm³/mol. The van der Waals surface area contributed by atoms with Crippen LogP contribution in [0.15, 0.2) is 42.5 Å². The van der Waals surface area contributed by atoms with Gasteiger partial charge in [0.1, 0.15) is 0 Å². The number of aryl methyl sites for hydroxylation is 1. The quantitative estimate of drug-likeness (QED) is 0.835. The second-order valence-electron chi connectivity index (χ2n) is 4.64. The van der Waals surface area contributed by atoms with Crippen molar-refractivity contribution >= 4 is 5.69 Å². The standard InChI is InChI=1S/C17H21NO2/c1-3-13-6-5-7-15(10-13)18-12-14-8-9-16(19)17(11-14)20-4-2/h5-11,18-19H,3-4,12H2,1-2H3. The van der Waals surface area contributed by atoms with E-state index in [1.165, 1.54) is 5.56 Å². The second kappa shape index (κ2) is 6.85. The molecular formula is C17H21NO2. The molecule has 2 aromatic rings. The summed E-state index contributed by atoms with van der Waals surface area (Å²) in [5, 5.41) is 13.1. The Bertz CT molecular complexity index is 567. The Morgan fingerprint density at radius 1 is 1.05 bits per heavy atom. The summed E-state index contributed by atoms with van der Waals surface area (Å²) < 4.78 is 5.39. The predicted octanol–water partition coefficient (Wildman–Crippen LogP) is 3.97. The average Bonchev–Trinajstić information content (AvgIpc) is 2.48. The van der Waals surface area contributed by atoms with Crippen LogP contribution in [-0.4, -0.2) is 11.7 Å². The van der Waals surface area contributed by atoms with Crippen LogP contribution >= 0.6 is 0 Å². The Morgan fingerprint density at radius 3 is 2.65 bits per heavy atom. The summed E-state index contributed by atoms with van der Waals surface area (Å²) in [7, 11) is 0. The average molecular weight is 271 g/mol. The molecule has 3 heteroatoms. The Kier molecular flexibility index (Phi) is 4.88.